The van der Waals surface area contributed by atoms with Crippen LogP contribution in [0.3, 0.4) is 0 Å². The lowest BCUT2D eigenvalue weighted by atomic mass is 10.0. The van der Waals surface area contributed by atoms with Crippen molar-refractivity contribution in [1.29, 1.82) is 0 Å². The van der Waals surface area contributed by atoms with E-state index in [0.29, 0.717) is 37.0 Å². The first-order chi connectivity index (χ1) is 11.6. The normalized spacial score (nSPS) is 18.3. The van der Waals surface area contributed by atoms with Crippen LogP contribution in [0.25, 0.3) is 0 Å². The average Bonchev–Trinajstić information content (AvgIpc) is 2.60. The molecule has 2 rings (SSSR count). The van der Waals surface area contributed by atoms with Crippen molar-refractivity contribution in [2.24, 2.45) is 0 Å². The molecule has 1 aromatic rings. The Kier molecular flexibility index (Phi) is 6.24. The van der Waals surface area contributed by atoms with Gasteiger partial charge in [0.25, 0.3) is 5.91 Å². The number of carbonyl (C=O) groups excluding carboxylic acids is 1. The van der Waals surface area contributed by atoms with Crippen LogP contribution in [0.5, 0.6) is 0 Å². The molecule has 1 aliphatic rings. The van der Waals surface area contributed by atoms with Gasteiger partial charge in [-0.05, 0) is 30.5 Å². The molecule has 1 fully saturated rings. The smallest absolute Gasteiger partial charge is 0.280 e. The minimum absolute atomic E-state index is 0.0792. The van der Waals surface area contributed by atoms with Crippen LogP contribution >= 0.6 is 0 Å². The predicted octanol–water partition coefficient (Wildman–Crippen LogP) is 0.176. The van der Waals surface area contributed by atoms with Gasteiger partial charge in [-0.1, -0.05) is 26.0 Å². The molecule has 1 atom stereocenters. The first-order valence-electron chi connectivity index (χ1n) is 8.80. The Labute approximate surface area is 151 Å². The molecule has 0 bridgehead atoms. The van der Waals surface area contributed by atoms with Gasteiger partial charge in [0.15, 0.2) is 6.04 Å². The summed E-state index contributed by atoms with van der Waals surface area (Å²) in [5.41, 5.74) is 1.13. The van der Waals surface area contributed by atoms with Gasteiger partial charge >= 0.3 is 0 Å². The molecule has 0 saturated carbocycles. The second kappa shape index (κ2) is 7.85. The standard InChI is InChI=1S/C18H29N3O3S/c1-14(2)16-6-8-17(9-7-16)25(23,24)21-12-10-20(11-13-21)15(3)18(22)19(4)5/h6-9,14-15H,10-13H2,1-5H3/p+1/t15-/m0/s1. The van der Waals surface area contributed by atoms with Gasteiger partial charge in [-0.2, -0.15) is 4.31 Å². The molecule has 7 heteroatoms. The van der Waals surface area contributed by atoms with Crippen molar-refractivity contribution >= 4 is 15.9 Å². The molecule has 1 N–H and O–H groups in total. The molecule has 0 aromatic heterocycles. The maximum atomic E-state index is 12.8. The monoisotopic (exact) mass is 368 g/mol. The minimum Gasteiger partial charge on any atom is -0.344 e. The highest BCUT2D eigenvalue weighted by molar-refractivity contribution is 7.89. The van der Waals surface area contributed by atoms with Crippen LogP contribution in [0, 0.1) is 0 Å². The fourth-order valence-electron chi connectivity index (χ4n) is 3.18. The maximum absolute atomic E-state index is 12.8. The Balaban J connectivity index is 2.05. The van der Waals surface area contributed by atoms with Crippen molar-refractivity contribution in [3.63, 3.8) is 0 Å². The molecule has 0 unspecified atom stereocenters. The van der Waals surface area contributed by atoms with Crippen molar-refractivity contribution in [2.75, 3.05) is 40.3 Å². The molecular formula is C18H30N3O3S+. The van der Waals surface area contributed by atoms with Crippen LogP contribution in [-0.2, 0) is 14.8 Å². The first-order valence-corrected chi connectivity index (χ1v) is 10.2. The molecule has 0 aliphatic carbocycles. The summed E-state index contributed by atoms with van der Waals surface area (Å²) in [6.07, 6.45) is 0. The molecule has 1 heterocycles. The number of amides is 1. The van der Waals surface area contributed by atoms with Gasteiger partial charge in [0.1, 0.15) is 0 Å². The van der Waals surface area contributed by atoms with E-state index in [9.17, 15) is 13.2 Å². The summed E-state index contributed by atoms with van der Waals surface area (Å²) in [4.78, 5) is 15.2. The molecule has 6 nitrogen and oxygen atoms in total. The fourth-order valence-corrected chi connectivity index (χ4v) is 4.62. The van der Waals surface area contributed by atoms with Crippen molar-refractivity contribution < 1.29 is 18.1 Å². The van der Waals surface area contributed by atoms with Gasteiger partial charge < -0.3 is 9.80 Å². The third-order valence-electron chi connectivity index (χ3n) is 4.97. The van der Waals surface area contributed by atoms with E-state index in [1.165, 1.54) is 4.31 Å². The van der Waals surface area contributed by atoms with Crippen LogP contribution in [0.2, 0.25) is 0 Å². The van der Waals surface area contributed by atoms with E-state index in [4.69, 9.17) is 0 Å². The number of quaternary nitrogens is 1. The quantitative estimate of drug-likeness (QED) is 0.806. The second-order valence-electron chi connectivity index (χ2n) is 7.24. The highest BCUT2D eigenvalue weighted by atomic mass is 32.2. The minimum atomic E-state index is -3.47. The van der Waals surface area contributed by atoms with E-state index >= 15 is 0 Å². The van der Waals surface area contributed by atoms with Gasteiger partial charge in [-0.25, -0.2) is 8.42 Å². The van der Waals surface area contributed by atoms with Crippen LogP contribution in [0.15, 0.2) is 29.2 Å². The molecule has 1 aromatic carbocycles. The summed E-state index contributed by atoms with van der Waals surface area (Å²) < 4.78 is 27.2. The molecular weight excluding hydrogens is 338 g/mol. The van der Waals surface area contributed by atoms with Crippen molar-refractivity contribution in [2.45, 2.75) is 37.6 Å². The third-order valence-corrected chi connectivity index (χ3v) is 6.89. The summed E-state index contributed by atoms with van der Waals surface area (Å²) in [7, 11) is 0.0341. The van der Waals surface area contributed by atoms with Gasteiger partial charge in [0.05, 0.1) is 31.1 Å². The van der Waals surface area contributed by atoms with E-state index in [1.807, 2.05) is 19.1 Å². The molecule has 0 radical (unpaired) electrons. The fraction of sp³-hybridized carbons (Fsp3) is 0.611. The number of nitrogens with zero attached hydrogens (tertiary/aromatic N) is 2. The largest absolute Gasteiger partial charge is 0.344 e. The van der Waals surface area contributed by atoms with Crippen molar-refractivity contribution in [3.8, 4) is 0 Å². The van der Waals surface area contributed by atoms with E-state index < -0.39 is 10.0 Å². The lowest BCUT2D eigenvalue weighted by Gasteiger charge is -2.34. The number of hydrogen-bond donors (Lipinski definition) is 1. The lowest BCUT2D eigenvalue weighted by molar-refractivity contribution is -0.917. The zero-order valence-corrected chi connectivity index (χ0v) is 16.6. The summed E-state index contributed by atoms with van der Waals surface area (Å²) in [5, 5.41) is 0. The SMILES string of the molecule is CC(C)c1ccc(S(=O)(=O)N2CC[NH+]([C@@H](C)C(=O)N(C)C)CC2)cc1. The Morgan fingerprint density at radius 3 is 2.04 bits per heavy atom. The third kappa shape index (κ3) is 4.40. The number of sulfonamides is 1. The van der Waals surface area contributed by atoms with Crippen LogP contribution in [-0.4, -0.2) is 69.8 Å². The second-order valence-corrected chi connectivity index (χ2v) is 9.18. The van der Waals surface area contributed by atoms with Crippen LogP contribution in [0.4, 0.5) is 0 Å². The maximum Gasteiger partial charge on any atom is 0.280 e. The Bertz CT molecular complexity index is 691. The van der Waals surface area contributed by atoms with Gasteiger partial charge in [-0.3, -0.25) is 4.79 Å². The zero-order valence-electron chi connectivity index (χ0n) is 15.8. The number of likely N-dealkylation sites (N-methyl/N-ethyl adjacent to an activating group) is 1. The van der Waals surface area contributed by atoms with Crippen molar-refractivity contribution in [3.05, 3.63) is 29.8 Å². The summed E-state index contributed by atoms with van der Waals surface area (Å²) in [6.45, 7) is 8.24. The zero-order chi connectivity index (χ0) is 18.8. The molecule has 25 heavy (non-hydrogen) atoms. The number of rotatable bonds is 5. The number of benzene rings is 1. The molecule has 1 saturated heterocycles. The van der Waals surface area contributed by atoms with Crippen LogP contribution in [0.1, 0.15) is 32.3 Å². The summed E-state index contributed by atoms with van der Waals surface area (Å²) >= 11 is 0. The molecule has 1 amide bonds. The molecule has 1 aliphatic heterocycles. The highest BCUT2D eigenvalue weighted by Crippen LogP contribution is 2.20. The van der Waals surface area contributed by atoms with Crippen molar-refractivity contribution in [1.82, 2.24) is 9.21 Å². The number of piperazine rings is 1. The van der Waals surface area contributed by atoms with E-state index in [-0.39, 0.29) is 11.9 Å². The van der Waals surface area contributed by atoms with Gasteiger partial charge in [0, 0.05) is 14.1 Å². The number of carbonyl (C=O) groups is 1. The Morgan fingerprint density at radius 2 is 1.60 bits per heavy atom. The first kappa shape index (κ1) is 19.9. The van der Waals surface area contributed by atoms with Gasteiger partial charge in [0.2, 0.25) is 10.0 Å². The highest BCUT2D eigenvalue weighted by Gasteiger charge is 2.34. The van der Waals surface area contributed by atoms with Gasteiger partial charge in [-0.15, -0.1) is 0 Å². The van der Waals surface area contributed by atoms with Crippen LogP contribution < -0.4 is 4.90 Å². The molecule has 140 valence electrons. The van der Waals surface area contributed by atoms with E-state index in [2.05, 4.69) is 13.8 Å². The predicted molar refractivity (Wildman–Crippen MR) is 98.1 cm³/mol. The average molecular weight is 369 g/mol. The number of nitrogens with one attached hydrogen (secondary N) is 1. The van der Waals surface area contributed by atoms with E-state index in [1.54, 1.807) is 31.1 Å². The lowest BCUT2D eigenvalue weighted by Crippen LogP contribution is -3.19. The summed E-state index contributed by atoms with van der Waals surface area (Å²) in [5.74, 6) is 0.454. The summed E-state index contributed by atoms with van der Waals surface area (Å²) in [6, 6.07) is 7.02. The van der Waals surface area contributed by atoms with E-state index in [0.717, 1.165) is 10.5 Å². The topological polar surface area (TPSA) is 62.1 Å². The number of hydrogen-bond acceptors (Lipinski definition) is 3. The molecule has 0 spiro atoms. The Morgan fingerprint density at radius 1 is 1.08 bits per heavy atom. The Hall–Kier alpha value is -1.44.